The van der Waals surface area contributed by atoms with Crippen LogP contribution in [0.25, 0.3) is 16.3 Å². The first-order chi connectivity index (χ1) is 12.1. The number of carbonyl (C=O) groups excluding carboxylic acids is 2. The number of rotatable bonds is 6. The van der Waals surface area contributed by atoms with Crippen molar-refractivity contribution in [3.63, 3.8) is 0 Å². The highest BCUT2D eigenvalue weighted by Crippen LogP contribution is 2.26. The monoisotopic (exact) mass is 340 g/mol. The van der Waals surface area contributed by atoms with Gasteiger partial charge >= 0.3 is 11.9 Å². The quantitative estimate of drug-likeness (QED) is 0.375. The molecule has 0 aliphatic rings. The molecule has 0 amide bonds. The van der Waals surface area contributed by atoms with Crippen molar-refractivity contribution in [2.75, 3.05) is 13.2 Å². The zero-order valence-electron chi connectivity index (χ0n) is 14.2. The maximum atomic E-state index is 12.4. The van der Waals surface area contributed by atoms with E-state index in [0.717, 1.165) is 16.8 Å². The highest BCUT2D eigenvalue weighted by Gasteiger charge is 2.16. The van der Waals surface area contributed by atoms with Crippen LogP contribution in [0.4, 0.5) is 0 Å². The van der Waals surface area contributed by atoms with Gasteiger partial charge in [0.05, 0.1) is 18.8 Å². The minimum Gasteiger partial charge on any atom is -0.502 e. The molecule has 0 unspecified atom stereocenters. The normalized spacial score (nSPS) is 12.1. The van der Waals surface area contributed by atoms with Gasteiger partial charge in [-0.05, 0) is 42.3 Å². The Hall–Kier alpha value is -3.08. The molecule has 0 saturated carbocycles. The fourth-order valence-electron chi connectivity index (χ4n) is 2.37. The predicted molar refractivity (Wildman–Crippen MR) is 95.9 cm³/mol. The third kappa shape index (κ3) is 4.47. The molecule has 0 aliphatic carbocycles. The number of benzene rings is 2. The second-order valence-electron chi connectivity index (χ2n) is 5.10. The number of hydrogen-bond donors (Lipinski definition) is 1. The van der Waals surface area contributed by atoms with Gasteiger partial charge in [0, 0.05) is 0 Å². The van der Waals surface area contributed by atoms with Crippen molar-refractivity contribution in [2.45, 2.75) is 13.8 Å². The van der Waals surface area contributed by atoms with Crippen LogP contribution in [0, 0.1) is 0 Å². The number of hydrogen-bond acceptors (Lipinski definition) is 5. The average Bonchev–Trinajstić information content (AvgIpc) is 2.62. The summed E-state index contributed by atoms with van der Waals surface area (Å²) in [5.41, 5.74) is 0.902. The fraction of sp³-hybridized carbons (Fsp3) is 0.200. The summed E-state index contributed by atoms with van der Waals surface area (Å²) in [5, 5.41) is 11.6. The molecule has 0 aromatic heterocycles. The molecule has 0 radical (unpaired) electrons. The summed E-state index contributed by atoms with van der Waals surface area (Å²) in [6.45, 7) is 3.72. The van der Waals surface area contributed by atoms with Gasteiger partial charge < -0.3 is 14.6 Å². The van der Waals surface area contributed by atoms with Gasteiger partial charge in [0.25, 0.3) is 0 Å². The second kappa shape index (κ2) is 8.68. The van der Waals surface area contributed by atoms with Crippen LogP contribution in [-0.4, -0.2) is 30.3 Å². The topological polar surface area (TPSA) is 72.8 Å². The van der Waals surface area contributed by atoms with Gasteiger partial charge in [0.1, 0.15) is 0 Å². The van der Waals surface area contributed by atoms with Crippen molar-refractivity contribution in [1.82, 2.24) is 0 Å². The van der Waals surface area contributed by atoms with E-state index in [1.165, 1.54) is 6.08 Å². The van der Waals surface area contributed by atoms with Crippen LogP contribution < -0.4 is 0 Å². The van der Waals surface area contributed by atoms with Crippen molar-refractivity contribution < 1.29 is 24.2 Å². The lowest BCUT2D eigenvalue weighted by molar-refractivity contribution is -0.141. The molecule has 5 heteroatoms. The molecule has 5 nitrogen and oxygen atoms in total. The number of carbonyl (C=O) groups is 2. The van der Waals surface area contributed by atoms with Gasteiger partial charge in [0.15, 0.2) is 0 Å². The Bertz CT molecular complexity index is 828. The van der Waals surface area contributed by atoms with Gasteiger partial charge in [-0.25, -0.2) is 9.59 Å². The van der Waals surface area contributed by atoms with Gasteiger partial charge in [-0.3, -0.25) is 0 Å². The molecule has 130 valence electrons. The Morgan fingerprint density at radius 1 is 0.920 bits per heavy atom. The van der Waals surface area contributed by atoms with Crippen LogP contribution in [0.3, 0.4) is 0 Å². The Morgan fingerprint density at radius 3 is 2.28 bits per heavy atom. The fourth-order valence-corrected chi connectivity index (χ4v) is 2.37. The zero-order chi connectivity index (χ0) is 18.2. The number of ether oxygens (including phenoxy) is 2. The molecule has 1 N–H and O–H groups in total. The number of allylic oxidation sites excluding steroid dienone is 2. The number of aliphatic hydroxyl groups excluding tert-OH is 1. The van der Waals surface area contributed by atoms with Crippen molar-refractivity contribution >= 4 is 28.3 Å². The molecule has 0 heterocycles. The van der Waals surface area contributed by atoms with E-state index in [-0.39, 0.29) is 18.8 Å². The molecule has 0 bridgehead atoms. The van der Waals surface area contributed by atoms with E-state index in [9.17, 15) is 14.7 Å². The molecular weight excluding hydrogens is 320 g/mol. The summed E-state index contributed by atoms with van der Waals surface area (Å²) in [4.78, 5) is 23.9. The first-order valence-corrected chi connectivity index (χ1v) is 8.01. The Balaban J connectivity index is 2.53. The standard InChI is InChI=1S/C20H20O5/c1-3-24-19(22)17(12-13-18(21)20(23)25-4-2)16-11-7-9-14-8-5-6-10-15(14)16/h5-13,21H,3-4H2,1-2H3/b17-12+,18-13-. The molecule has 2 aromatic carbocycles. The lowest BCUT2D eigenvalue weighted by atomic mass is 9.98. The summed E-state index contributed by atoms with van der Waals surface area (Å²) < 4.78 is 9.83. The van der Waals surface area contributed by atoms with Crippen molar-refractivity contribution in [3.05, 3.63) is 65.9 Å². The first-order valence-electron chi connectivity index (χ1n) is 8.01. The van der Waals surface area contributed by atoms with Crippen LogP contribution >= 0.6 is 0 Å². The summed E-state index contributed by atoms with van der Waals surface area (Å²) in [5.74, 6) is -1.96. The number of aliphatic hydroxyl groups is 1. The maximum Gasteiger partial charge on any atom is 0.373 e. The van der Waals surface area contributed by atoms with Crippen molar-refractivity contribution in [1.29, 1.82) is 0 Å². The lowest BCUT2D eigenvalue weighted by Gasteiger charge is -2.10. The molecule has 0 atom stereocenters. The van der Waals surface area contributed by atoms with Gasteiger partial charge in [0.2, 0.25) is 5.76 Å². The van der Waals surface area contributed by atoms with E-state index in [0.29, 0.717) is 5.56 Å². The molecule has 2 rings (SSSR count). The summed E-state index contributed by atoms with van der Waals surface area (Å²) in [6.07, 6.45) is 2.51. The van der Waals surface area contributed by atoms with E-state index in [1.807, 2.05) is 36.4 Å². The molecule has 0 fully saturated rings. The van der Waals surface area contributed by atoms with Crippen LogP contribution in [-0.2, 0) is 19.1 Å². The van der Waals surface area contributed by atoms with Crippen LogP contribution in [0.5, 0.6) is 0 Å². The molecular formula is C20H20O5. The molecule has 0 aliphatic heterocycles. The largest absolute Gasteiger partial charge is 0.502 e. The molecule has 0 saturated heterocycles. The zero-order valence-corrected chi connectivity index (χ0v) is 14.2. The minimum atomic E-state index is -0.847. The smallest absolute Gasteiger partial charge is 0.373 e. The third-order valence-electron chi connectivity index (χ3n) is 3.47. The first kappa shape index (κ1) is 18.3. The average molecular weight is 340 g/mol. The Kier molecular flexibility index (Phi) is 6.34. The van der Waals surface area contributed by atoms with E-state index in [1.54, 1.807) is 19.9 Å². The molecule has 0 spiro atoms. The van der Waals surface area contributed by atoms with Crippen LogP contribution in [0.1, 0.15) is 19.4 Å². The van der Waals surface area contributed by atoms with Gasteiger partial charge in [-0.15, -0.1) is 0 Å². The highest BCUT2D eigenvalue weighted by atomic mass is 16.5. The van der Waals surface area contributed by atoms with E-state index in [2.05, 4.69) is 0 Å². The SMILES string of the molecule is CCOC(=O)/C(O)=C/C=C(/C(=O)OCC)c1cccc2ccccc12. The van der Waals surface area contributed by atoms with E-state index < -0.39 is 17.7 Å². The Labute approximate surface area is 146 Å². The predicted octanol–water partition coefficient (Wildman–Crippen LogP) is 3.79. The number of fused-ring (bicyclic) bond motifs is 1. The minimum absolute atomic E-state index is 0.147. The van der Waals surface area contributed by atoms with Gasteiger partial charge in [-0.2, -0.15) is 0 Å². The Morgan fingerprint density at radius 2 is 1.56 bits per heavy atom. The van der Waals surface area contributed by atoms with Crippen LogP contribution in [0.15, 0.2) is 60.4 Å². The summed E-state index contributed by atoms with van der Waals surface area (Å²) >= 11 is 0. The lowest BCUT2D eigenvalue weighted by Crippen LogP contribution is -2.08. The van der Waals surface area contributed by atoms with Crippen LogP contribution in [0.2, 0.25) is 0 Å². The van der Waals surface area contributed by atoms with E-state index in [4.69, 9.17) is 9.47 Å². The van der Waals surface area contributed by atoms with E-state index >= 15 is 0 Å². The number of esters is 2. The third-order valence-corrected chi connectivity index (χ3v) is 3.47. The summed E-state index contributed by atoms with van der Waals surface area (Å²) in [6, 6.07) is 13.2. The maximum absolute atomic E-state index is 12.4. The van der Waals surface area contributed by atoms with Crippen molar-refractivity contribution in [3.8, 4) is 0 Å². The second-order valence-corrected chi connectivity index (χ2v) is 5.10. The highest BCUT2D eigenvalue weighted by molar-refractivity contribution is 6.20. The molecule has 25 heavy (non-hydrogen) atoms. The molecule has 2 aromatic rings. The van der Waals surface area contributed by atoms with Crippen molar-refractivity contribution in [2.24, 2.45) is 0 Å². The van der Waals surface area contributed by atoms with Gasteiger partial charge in [-0.1, -0.05) is 42.5 Å². The summed E-state index contributed by atoms with van der Waals surface area (Å²) in [7, 11) is 0.